The van der Waals surface area contributed by atoms with Gasteiger partial charge in [-0.2, -0.15) is 11.8 Å². The van der Waals surface area contributed by atoms with Gasteiger partial charge in [-0.25, -0.2) is 9.59 Å². The van der Waals surface area contributed by atoms with Crippen molar-refractivity contribution < 1.29 is 19.1 Å². The van der Waals surface area contributed by atoms with Crippen LogP contribution < -0.4 is 11.5 Å². The van der Waals surface area contributed by atoms with Gasteiger partial charge in [-0.3, -0.25) is 0 Å². The molecule has 19 heavy (non-hydrogen) atoms. The van der Waals surface area contributed by atoms with Gasteiger partial charge in [0, 0.05) is 11.5 Å². The number of nitrogens with two attached hydrogens (primary N) is 2. The molecule has 6 nitrogen and oxygen atoms in total. The van der Waals surface area contributed by atoms with Crippen molar-refractivity contribution in [3.05, 3.63) is 23.5 Å². The molecule has 0 saturated carbocycles. The van der Waals surface area contributed by atoms with E-state index in [1.807, 2.05) is 0 Å². The zero-order valence-electron chi connectivity index (χ0n) is 11.2. The van der Waals surface area contributed by atoms with Crippen LogP contribution in [0.3, 0.4) is 0 Å². The number of allylic oxidation sites excluding steroid dienone is 2. The monoisotopic (exact) mass is 288 g/mol. The molecule has 0 aromatic carbocycles. The summed E-state index contributed by atoms with van der Waals surface area (Å²) in [6.07, 6.45) is 2.97. The van der Waals surface area contributed by atoms with Crippen molar-refractivity contribution in [1.29, 1.82) is 0 Å². The van der Waals surface area contributed by atoms with Gasteiger partial charge < -0.3 is 20.9 Å². The molecule has 0 radical (unpaired) electrons. The molecule has 0 atom stereocenters. The van der Waals surface area contributed by atoms with Gasteiger partial charge in [0.05, 0.1) is 0 Å². The Kier molecular flexibility index (Phi) is 9.42. The molecule has 0 aliphatic heterocycles. The Morgan fingerprint density at radius 3 is 1.63 bits per heavy atom. The van der Waals surface area contributed by atoms with E-state index in [9.17, 15) is 9.59 Å². The van der Waals surface area contributed by atoms with Crippen LogP contribution in [0, 0.1) is 0 Å². The SMILES string of the molecule is C/C=C(\N)C(=O)OCCSCCOC(=O)/C(N)=C/C. The molecular weight excluding hydrogens is 268 g/mol. The van der Waals surface area contributed by atoms with Crippen LogP contribution in [0.25, 0.3) is 0 Å². The van der Waals surface area contributed by atoms with E-state index in [-0.39, 0.29) is 24.6 Å². The van der Waals surface area contributed by atoms with E-state index in [1.165, 1.54) is 23.9 Å². The summed E-state index contributed by atoms with van der Waals surface area (Å²) in [6, 6.07) is 0. The van der Waals surface area contributed by atoms with Gasteiger partial charge in [-0.05, 0) is 13.8 Å². The first-order valence-corrected chi connectivity index (χ1v) is 6.94. The van der Waals surface area contributed by atoms with E-state index in [1.54, 1.807) is 13.8 Å². The second kappa shape index (κ2) is 10.3. The molecule has 0 fully saturated rings. The number of carbonyl (C=O) groups excluding carboxylic acids is 2. The summed E-state index contributed by atoms with van der Waals surface area (Å²) in [5.74, 6) is 0.185. The Morgan fingerprint density at radius 1 is 0.947 bits per heavy atom. The van der Waals surface area contributed by atoms with E-state index in [4.69, 9.17) is 20.9 Å². The van der Waals surface area contributed by atoms with Crippen LogP contribution in [0.5, 0.6) is 0 Å². The summed E-state index contributed by atoms with van der Waals surface area (Å²) in [5, 5.41) is 0. The molecule has 7 heteroatoms. The minimum absolute atomic E-state index is 0.0979. The normalized spacial score (nSPS) is 12.1. The van der Waals surface area contributed by atoms with Crippen molar-refractivity contribution in [1.82, 2.24) is 0 Å². The smallest absolute Gasteiger partial charge is 0.353 e. The molecule has 0 rings (SSSR count). The lowest BCUT2D eigenvalue weighted by molar-refractivity contribution is -0.139. The molecule has 0 unspecified atom stereocenters. The maximum Gasteiger partial charge on any atom is 0.353 e. The van der Waals surface area contributed by atoms with Gasteiger partial charge >= 0.3 is 11.9 Å². The highest BCUT2D eigenvalue weighted by Gasteiger charge is 2.06. The van der Waals surface area contributed by atoms with Gasteiger partial charge in [0.15, 0.2) is 0 Å². The summed E-state index contributed by atoms with van der Waals surface area (Å²) < 4.78 is 9.78. The van der Waals surface area contributed by atoms with Crippen LogP contribution >= 0.6 is 11.8 Å². The first-order chi connectivity index (χ1) is 9.02. The number of rotatable bonds is 8. The third-order valence-corrected chi connectivity index (χ3v) is 2.93. The van der Waals surface area contributed by atoms with E-state index in [0.717, 1.165) is 0 Å². The molecule has 0 saturated heterocycles. The van der Waals surface area contributed by atoms with Crippen LogP contribution in [0.4, 0.5) is 0 Å². The second-order valence-corrected chi connectivity index (χ2v) is 4.60. The predicted molar refractivity (Wildman–Crippen MR) is 75.1 cm³/mol. The van der Waals surface area contributed by atoms with Crippen molar-refractivity contribution in [2.75, 3.05) is 24.7 Å². The molecule has 0 heterocycles. The van der Waals surface area contributed by atoms with Crippen molar-refractivity contribution >= 4 is 23.7 Å². The molecule has 0 bridgehead atoms. The highest BCUT2D eigenvalue weighted by molar-refractivity contribution is 7.99. The average molecular weight is 288 g/mol. The van der Waals surface area contributed by atoms with E-state index in [0.29, 0.717) is 11.5 Å². The summed E-state index contributed by atoms with van der Waals surface area (Å²) in [4.78, 5) is 22.3. The molecule has 4 N–H and O–H groups in total. The maximum absolute atomic E-state index is 11.1. The Hall–Kier alpha value is -1.63. The maximum atomic E-state index is 11.1. The van der Waals surface area contributed by atoms with Crippen LogP contribution in [0.1, 0.15) is 13.8 Å². The first-order valence-electron chi connectivity index (χ1n) is 5.78. The van der Waals surface area contributed by atoms with Gasteiger partial charge in [-0.1, -0.05) is 12.2 Å². The van der Waals surface area contributed by atoms with Gasteiger partial charge in [0.1, 0.15) is 24.6 Å². The predicted octanol–water partition coefficient (Wildman–Crippen LogP) is 0.531. The summed E-state index contributed by atoms with van der Waals surface area (Å²) in [5.41, 5.74) is 10.9. The average Bonchev–Trinajstić information content (AvgIpc) is 2.43. The number of thioether (sulfide) groups is 1. The largest absolute Gasteiger partial charge is 0.460 e. The molecule has 0 aromatic rings. The fourth-order valence-electron chi connectivity index (χ4n) is 0.891. The fourth-order valence-corrected chi connectivity index (χ4v) is 1.50. The van der Waals surface area contributed by atoms with Crippen molar-refractivity contribution in [3.63, 3.8) is 0 Å². The minimum Gasteiger partial charge on any atom is -0.460 e. The fraction of sp³-hybridized carbons (Fsp3) is 0.500. The van der Waals surface area contributed by atoms with E-state index < -0.39 is 11.9 Å². The molecule has 0 aliphatic carbocycles. The second-order valence-electron chi connectivity index (χ2n) is 3.37. The zero-order chi connectivity index (χ0) is 14.7. The summed E-state index contributed by atoms with van der Waals surface area (Å²) in [6.45, 7) is 3.86. The molecule has 0 aromatic heterocycles. The van der Waals surface area contributed by atoms with E-state index in [2.05, 4.69) is 0 Å². The number of hydrogen-bond acceptors (Lipinski definition) is 7. The lowest BCUT2D eigenvalue weighted by Gasteiger charge is -2.06. The molecular formula is C12H20N2O4S. The zero-order valence-corrected chi connectivity index (χ0v) is 12.0. The Morgan fingerprint density at radius 2 is 1.32 bits per heavy atom. The minimum atomic E-state index is -0.518. The van der Waals surface area contributed by atoms with Crippen molar-refractivity contribution in [2.24, 2.45) is 11.5 Å². The molecule has 0 aliphatic rings. The molecule has 108 valence electrons. The Balaban J connectivity index is 3.52. The van der Waals surface area contributed by atoms with Crippen LogP contribution in [0.15, 0.2) is 23.5 Å². The lowest BCUT2D eigenvalue weighted by Crippen LogP contribution is -2.17. The van der Waals surface area contributed by atoms with E-state index >= 15 is 0 Å². The number of carbonyl (C=O) groups is 2. The lowest BCUT2D eigenvalue weighted by atomic mass is 10.4. The highest BCUT2D eigenvalue weighted by atomic mass is 32.2. The van der Waals surface area contributed by atoms with Crippen LogP contribution in [0.2, 0.25) is 0 Å². The molecule has 0 spiro atoms. The quantitative estimate of drug-likeness (QED) is 0.381. The first kappa shape index (κ1) is 17.4. The third kappa shape index (κ3) is 8.15. The number of hydrogen-bond donors (Lipinski definition) is 2. The Bertz CT molecular complexity index is 333. The summed E-state index contributed by atoms with van der Waals surface area (Å²) >= 11 is 1.50. The van der Waals surface area contributed by atoms with Crippen LogP contribution in [-0.4, -0.2) is 36.7 Å². The molecule has 0 amide bonds. The topological polar surface area (TPSA) is 105 Å². The van der Waals surface area contributed by atoms with Gasteiger partial charge in [0.25, 0.3) is 0 Å². The number of ether oxygens (including phenoxy) is 2. The van der Waals surface area contributed by atoms with Crippen molar-refractivity contribution in [3.8, 4) is 0 Å². The van der Waals surface area contributed by atoms with Crippen molar-refractivity contribution in [2.45, 2.75) is 13.8 Å². The Labute approximate surface area is 117 Å². The van der Waals surface area contributed by atoms with Gasteiger partial charge in [0.2, 0.25) is 0 Å². The van der Waals surface area contributed by atoms with Crippen LogP contribution in [-0.2, 0) is 19.1 Å². The summed E-state index contributed by atoms with van der Waals surface area (Å²) in [7, 11) is 0. The van der Waals surface area contributed by atoms with Gasteiger partial charge in [-0.15, -0.1) is 0 Å². The number of esters is 2. The standard InChI is InChI=1S/C12H20N2O4S/c1-3-9(13)11(15)17-5-7-19-8-6-18-12(16)10(14)4-2/h3-4H,5-8,13-14H2,1-2H3/b9-3-,10-4-. The highest BCUT2D eigenvalue weighted by Crippen LogP contribution is 2.01. The third-order valence-electron chi connectivity index (χ3n) is 2.02.